The topological polar surface area (TPSA) is 59.9 Å². The van der Waals surface area contributed by atoms with E-state index >= 15 is 0 Å². The van der Waals surface area contributed by atoms with Crippen LogP contribution in [0.15, 0.2) is 77.8 Å². The smallest absolute Gasteiger partial charge is 0.0991 e. The molecule has 0 N–H and O–H groups in total. The number of benzene rings is 3. The van der Waals surface area contributed by atoms with Crippen molar-refractivity contribution >= 4 is 11.9 Å². The largest absolute Gasteiger partial charge is 0.256 e. The highest BCUT2D eigenvalue weighted by Gasteiger charge is 1.99. The third kappa shape index (κ3) is 4.19. The van der Waals surface area contributed by atoms with Crippen molar-refractivity contribution in [2.45, 2.75) is 6.42 Å². The molecule has 3 nitrogen and oxygen atoms in total. The van der Waals surface area contributed by atoms with Crippen LogP contribution in [0.25, 0.3) is 11.1 Å². The molecular weight excluding hydrogens is 306 g/mol. The minimum absolute atomic E-state index is 0.436. The summed E-state index contributed by atoms with van der Waals surface area (Å²) in [6, 6.07) is 27.6. The predicted molar refractivity (Wildman–Crippen MR) is 99.6 cm³/mol. The molecule has 0 unspecified atom stereocenters. The normalized spacial score (nSPS) is 10.3. The first kappa shape index (κ1) is 16.2. The predicted octanol–water partition coefficient (Wildman–Crippen LogP) is 5.04. The standard InChI is InChI=1S/C22H15N3/c23-14-13-17-1-7-20(8-2-17)21-9-3-19(4-10-21)16-25-22-11-5-18(15-24)6-12-22/h1-12,16H,13H2. The summed E-state index contributed by atoms with van der Waals surface area (Å²) in [5.74, 6) is 0. The average molecular weight is 321 g/mol. The highest BCUT2D eigenvalue weighted by atomic mass is 14.7. The summed E-state index contributed by atoms with van der Waals surface area (Å²) in [7, 11) is 0. The van der Waals surface area contributed by atoms with Crippen LogP contribution < -0.4 is 0 Å². The Morgan fingerprint density at radius 1 is 0.760 bits per heavy atom. The van der Waals surface area contributed by atoms with E-state index in [9.17, 15) is 0 Å². The SMILES string of the molecule is N#CCc1ccc(-c2ccc(C=Nc3ccc(C#N)cc3)cc2)cc1. The molecule has 25 heavy (non-hydrogen) atoms. The molecule has 0 saturated carbocycles. The maximum absolute atomic E-state index is 8.80. The van der Waals surface area contributed by atoms with E-state index < -0.39 is 0 Å². The molecule has 0 aliphatic heterocycles. The maximum Gasteiger partial charge on any atom is 0.0991 e. The fourth-order valence-corrected chi connectivity index (χ4v) is 2.44. The van der Waals surface area contributed by atoms with E-state index in [4.69, 9.17) is 10.5 Å². The van der Waals surface area contributed by atoms with Gasteiger partial charge in [-0.3, -0.25) is 4.99 Å². The van der Waals surface area contributed by atoms with Gasteiger partial charge in [-0.05, 0) is 46.5 Å². The van der Waals surface area contributed by atoms with Crippen LogP contribution in [0, 0.1) is 22.7 Å². The molecule has 3 aromatic carbocycles. The van der Waals surface area contributed by atoms with E-state index in [2.05, 4.69) is 29.3 Å². The molecule has 0 amide bonds. The molecule has 0 aliphatic rings. The summed E-state index contributed by atoms with van der Waals surface area (Å²) >= 11 is 0. The lowest BCUT2D eigenvalue weighted by atomic mass is 10.0. The fourth-order valence-electron chi connectivity index (χ4n) is 2.44. The number of hydrogen-bond donors (Lipinski definition) is 0. The van der Waals surface area contributed by atoms with E-state index in [1.807, 2.05) is 48.5 Å². The first-order valence-corrected chi connectivity index (χ1v) is 7.89. The number of nitrogens with zero attached hydrogens (tertiary/aromatic N) is 3. The summed E-state index contributed by atoms with van der Waals surface area (Å²) in [4.78, 5) is 4.42. The van der Waals surface area contributed by atoms with Crippen LogP contribution >= 0.6 is 0 Å². The van der Waals surface area contributed by atoms with Gasteiger partial charge in [0.15, 0.2) is 0 Å². The van der Waals surface area contributed by atoms with E-state index in [0.29, 0.717) is 12.0 Å². The van der Waals surface area contributed by atoms with Crippen LogP contribution in [0.1, 0.15) is 16.7 Å². The zero-order valence-electron chi connectivity index (χ0n) is 13.6. The van der Waals surface area contributed by atoms with Crippen LogP contribution in [0.3, 0.4) is 0 Å². The quantitative estimate of drug-likeness (QED) is 0.632. The number of nitriles is 2. The minimum atomic E-state index is 0.436. The maximum atomic E-state index is 8.80. The summed E-state index contributed by atoms with van der Waals surface area (Å²) in [5, 5.41) is 17.5. The van der Waals surface area contributed by atoms with Gasteiger partial charge < -0.3 is 0 Å². The fraction of sp³-hybridized carbons (Fsp3) is 0.0455. The third-order valence-corrected chi connectivity index (χ3v) is 3.84. The van der Waals surface area contributed by atoms with Gasteiger partial charge in [0.25, 0.3) is 0 Å². The molecule has 3 heteroatoms. The molecule has 0 bridgehead atoms. The second-order valence-electron chi connectivity index (χ2n) is 5.57. The average Bonchev–Trinajstić information content (AvgIpc) is 2.68. The summed E-state index contributed by atoms with van der Waals surface area (Å²) < 4.78 is 0. The summed E-state index contributed by atoms with van der Waals surface area (Å²) in [5.41, 5.74) is 5.73. The lowest BCUT2D eigenvalue weighted by molar-refractivity contribution is 1.26. The second kappa shape index (κ2) is 7.73. The molecule has 0 aliphatic carbocycles. The van der Waals surface area contributed by atoms with E-state index in [0.717, 1.165) is 27.9 Å². The van der Waals surface area contributed by atoms with Gasteiger partial charge in [0.2, 0.25) is 0 Å². The van der Waals surface area contributed by atoms with E-state index in [1.165, 1.54) is 0 Å². The van der Waals surface area contributed by atoms with Crippen molar-refractivity contribution in [3.05, 3.63) is 89.5 Å². The number of hydrogen-bond acceptors (Lipinski definition) is 3. The number of aliphatic imine (C=N–C) groups is 1. The van der Waals surface area contributed by atoms with Crippen molar-refractivity contribution in [1.82, 2.24) is 0 Å². The molecular formula is C22H15N3. The third-order valence-electron chi connectivity index (χ3n) is 3.84. The molecule has 0 atom stereocenters. The molecule has 0 radical (unpaired) electrons. The second-order valence-corrected chi connectivity index (χ2v) is 5.57. The Kier molecular flexibility index (Phi) is 5.00. The zero-order valence-corrected chi connectivity index (χ0v) is 13.6. The molecule has 0 spiro atoms. The van der Waals surface area contributed by atoms with Crippen molar-refractivity contribution in [2.24, 2.45) is 4.99 Å². The highest BCUT2D eigenvalue weighted by molar-refractivity contribution is 5.83. The Labute approximate surface area is 147 Å². The van der Waals surface area contributed by atoms with Gasteiger partial charge in [0.1, 0.15) is 0 Å². The van der Waals surface area contributed by atoms with Crippen molar-refractivity contribution in [2.75, 3.05) is 0 Å². The molecule has 118 valence electrons. The Bertz CT molecular complexity index is 952. The molecule has 0 saturated heterocycles. The Balaban J connectivity index is 1.72. The lowest BCUT2D eigenvalue weighted by Crippen LogP contribution is -1.84. The molecule has 0 heterocycles. The van der Waals surface area contributed by atoms with E-state index in [-0.39, 0.29) is 0 Å². The Morgan fingerprint density at radius 3 is 1.92 bits per heavy atom. The van der Waals surface area contributed by atoms with Gasteiger partial charge in [0.05, 0.1) is 29.8 Å². The highest BCUT2D eigenvalue weighted by Crippen LogP contribution is 2.20. The first-order valence-electron chi connectivity index (χ1n) is 7.89. The van der Waals surface area contributed by atoms with Gasteiger partial charge >= 0.3 is 0 Å². The van der Waals surface area contributed by atoms with Crippen LogP contribution in [-0.4, -0.2) is 6.21 Å². The van der Waals surface area contributed by atoms with Crippen LogP contribution in [0.2, 0.25) is 0 Å². The zero-order chi connectivity index (χ0) is 17.5. The van der Waals surface area contributed by atoms with Gasteiger partial charge in [-0.1, -0.05) is 48.5 Å². The summed E-state index contributed by atoms with van der Waals surface area (Å²) in [6.45, 7) is 0. The van der Waals surface area contributed by atoms with Crippen molar-refractivity contribution in [1.29, 1.82) is 10.5 Å². The van der Waals surface area contributed by atoms with Crippen molar-refractivity contribution in [3.63, 3.8) is 0 Å². The monoisotopic (exact) mass is 321 g/mol. The van der Waals surface area contributed by atoms with Gasteiger partial charge in [-0.15, -0.1) is 0 Å². The van der Waals surface area contributed by atoms with Crippen LogP contribution in [0.4, 0.5) is 5.69 Å². The summed E-state index contributed by atoms with van der Waals surface area (Å²) in [6.07, 6.45) is 2.24. The molecule has 0 aromatic heterocycles. The van der Waals surface area contributed by atoms with Gasteiger partial charge in [-0.25, -0.2) is 0 Å². The van der Waals surface area contributed by atoms with Crippen LogP contribution in [-0.2, 0) is 6.42 Å². The molecule has 3 rings (SSSR count). The van der Waals surface area contributed by atoms with Crippen molar-refractivity contribution < 1.29 is 0 Å². The van der Waals surface area contributed by atoms with Crippen molar-refractivity contribution in [3.8, 4) is 23.3 Å². The number of rotatable bonds is 4. The Hall–Kier alpha value is -3.69. The van der Waals surface area contributed by atoms with Gasteiger partial charge in [-0.2, -0.15) is 10.5 Å². The van der Waals surface area contributed by atoms with Crippen LogP contribution in [0.5, 0.6) is 0 Å². The Morgan fingerprint density at radius 2 is 1.36 bits per heavy atom. The lowest BCUT2D eigenvalue weighted by Gasteiger charge is -2.03. The first-order chi connectivity index (χ1) is 12.3. The molecule has 3 aromatic rings. The molecule has 0 fully saturated rings. The van der Waals surface area contributed by atoms with Gasteiger partial charge in [0, 0.05) is 6.21 Å². The minimum Gasteiger partial charge on any atom is -0.256 e. The van der Waals surface area contributed by atoms with E-state index in [1.54, 1.807) is 18.3 Å².